The van der Waals surface area contributed by atoms with Crippen molar-refractivity contribution in [1.82, 2.24) is 4.31 Å². The number of aliphatic hydroxyl groups is 1. The van der Waals surface area contributed by atoms with Crippen LogP contribution in [0.25, 0.3) is 0 Å². The van der Waals surface area contributed by atoms with Crippen molar-refractivity contribution < 1.29 is 23.4 Å². The average molecular weight is 319 g/mol. The van der Waals surface area contributed by atoms with Gasteiger partial charge in [0.2, 0.25) is 10.0 Å². The molecule has 8 heteroatoms. The minimum atomic E-state index is -3.77. The summed E-state index contributed by atoms with van der Waals surface area (Å²) in [6.45, 7) is 0.441. The molecule has 1 unspecified atom stereocenters. The van der Waals surface area contributed by atoms with Gasteiger partial charge in [-0.1, -0.05) is 0 Å². The zero-order valence-electron chi connectivity index (χ0n) is 10.9. The van der Waals surface area contributed by atoms with Crippen LogP contribution < -0.4 is 0 Å². The van der Waals surface area contributed by atoms with Crippen molar-refractivity contribution in [2.75, 3.05) is 13.2 Å². The van der Waals surface area contributed by atoms with Crippen LogP contribution >= 0.6 is 11.3 Å². The number of hydrogen-bond acceptors (Lipinski definition) is 5. The van der Waals surface area contributed by atoms with Gasteiger partial charge in [0.1, 0.15) is 9.77 Å². The standard InChI is InChI=1S/C12H17NO5S2/c14-7-2-4-9-3-1-6-13(9)20(17,18)10-5-8-19-11(10)12(15)16/h5,8-9,14H,1-4,6-7H2,(H,15,16). The van der Waals surface area contributed by atoms with E-state index in [9.17, 15) is 13.2 Å². The molecule has 0 spiro atoms. The van der Waals surface area contributed by atoms with E-state index in [0.29, 0.717) is 19.4 Å². The molecule has 1 fully saturated rings. The molecule has 1 atom stereocenters. The van der Waals surface area contributed by atoms with Crippen LogP contribution in [0, 0.1) is 0 Å². The van der Waals surface area contributed by atoms with Crippen molar-refractivity contribution in [2.24, 2.45) is 0 Å². The maximum atomic E-state index is 12.6. The molecule has 6 nitrogen and oxygen atoms in total. The van der Waals surface area contributed by atoms with Gasteiger partial charge in [0.05, 0.1) is 0 Å². The topological polar surface area (TPSA) is 94.9 Å². The van der Waals surface area contributed by atoms with E-state index in [4.69, 9.17) is 10.2 Å². The molecular weight excluding hydrogens is 302 g/mol. The largest absolute Gasteiger partial charge is 0.477 e. The first kappa shape index (κ1) is 15.4. The fourth-order valence-corrected chi connectivity index (χ4v) is 5.48. The van der Waals surface area contributed by atoms with Crippen LogP contribution in [0.15, 0.2) is 16.3 Å². The Balaban J connectivity index is 2.29. The van der Waals surface area contributed by atoms with Crippen LogP contribution in [0.3, 0.4) is 0 Å². The molecule has 1 saturated heterocycles. The summed E-state index contributed by atoms with van der Waals surface area (Å²) in [6.07, 6.45) is 2.67. The molecule has 0 radical (unpaired) electrons. The lowest BCUT2D eigenvalue weighted by molar-refractivity contribution is 0.0698. The zero-order valence-corrected chi connectivity index (χ0v) is 12.5. The van der Waals surface area contributed by atoms with Gasteiger partial charge in [0, 0.05) is 19.2 Å². The highest BCUT2D eigenvalue weighted by atomic mass is 32.2. The monoisotopic (exact) mass is 319 g/mol. The maximum Gasteiger partial charge on any atom is 0.347 e. The first-order valence-electron chi connectivity index (χ1n) is 6.42. The lowest BCUT2D eigenvalue weighted by atomic mass is 10.1. The maximum absolute atomic E-state index is 12.6. The molecule has 1 aromatic heterocycles. The summed E-state index contributed by atoms with van der Waals surface area (Å²) in [5.74, 6) is -1.22. The Hall–Kier alpha value is -0.960. The van der Waals surface area contributed by atoms with Crippen molar-refractivity contribution in [2.45, 2.75) is 36.6 Å². The molecule has 0 aromatic carbocycles. The molecule has 2 heterocycles. The first-order valence-corrected chi connectivity index (χ1v) is 8.74. The Morgan fingerprint density at radius 1 is 1.50 bits per heavy atom. The summed E-state index contributed by atoms with van der Waals surface area (Å²) >= 11 is 0.917. The number of carbonyl (C=O) groups is 1. The molecule has 112 valence electrons. The van der Waals surface area contributed by atoms with E-state index in [-0.39, 0.29) is 22.4 Å². The van der Waals surface area contributed by atoms with Crippen molar-refractivity contribution in [3.63, 3.8) is 0 Å². The number of aliphatic hydroxyl groups excluding tert-OH is 1. The number of rotatable bonds is 6. The molecule has 1 aliphatic heterocycles. The third kappa shape index (κ3) is 2.88. The SMILES string of the molecule is O=C(O)c1sccc1S(=O)(=O)N1CCCC1CCCO. The normalized spacial score (nSPS) is 20.4. The highest BCUT2D eigenvalue weighted by Gasteiger charge is 2.37. The molecule has 0 saturated carbocycles. The molecule has 0 aliphatic carbocycles. The Morgan fingerprint density at radius 2 is 2.25 bits per heavy atom. The summed E-state index contributed by atoms with van der Waals surface area (Å²) in [6, 6.07) is 1.21. The van der Waals surface area contributed by atoms with E-state index in [1.54, 1.807) is 0 Å². The quantitative estimate of drug-likeness (QED) is 0.826. The van der Waals surface area contributed by atoms with Crippen molar-refractivity contribution >= 4 is 27.3 Å². The predicted octanol–water partition coefficient (Wildman–Crippen LogP) is 1.37. The third-order valence-corrected chi connectivity index (χ3v) is 6.45. The molecule has 0 amide bonds. The number of sulfonamides is 1. The van der Waals surface area contributed by atoms with Crippen molar-refractivity contribution in [3.8, 4) is 0 Å². The van der Waals surface area contributed by atoms with Gasteiger partial charge in [-0.05, 0) is 37.1 Å². The molecule has 2 rings (SSSR count). The Bertz CT molecular complexity index is 580. The molecule has 20 heavy (non-hydrogen) atoms. The van der Waals surface area contributed by atoms with Crippen LogP contribution in [0.2, 0.25) is 0 Å². The van der Waals surface area contributed by atoms with E-state index in [1.807, 2.05) is 0 Å². The van der Waals surface area contributed by atoms with Gasteiger partial charge < -0.3 is 10.2 Å². The molecule has 1 aliphatic rings. The first-order chi connectivity index (χ1) is 9.48. The molecule has 1 aromatic rings. The minimum absolute atomic E-state index is 0.0310. The zero-order chi connectivity index (χ0) is 14.8. The number of aromatic carboxylic acids is 1. The van der Waals surface area contributed by atoms with Crippen LogP contribution in [0.1, 0.15) is 35.4 Å². The number of thiophene rings is 1. The van der Waals surface area contributed by atoms with Gasteiger partial charge in [-0.25, -0.2) is 13.2 Å². The summed E-state index contributed by atoms with van der Waals surface area (Å²) < 4.78 is 26.6. The molecule has 0 bridgehead atoms. The van der Waals surface area contributed by atoms with E-state index in [2.05, 4.69) is 0 Å². The van der Waals surface area contributed by atoms with Crippen molar-refractivity contribution in [3.05, 3.63) is 16.3 Å². The van der Waals surface area contributed by atoms with Gasteiger partial charge in [-0.3, -0.25) is 0 Å². The Labute approximate surface area is 121 Å². The number of carboxylic acid groups (broad SMARTS) is 1. The second-order valence-corrected chi connectivity index (χ2v) is 7.47. The average Bonchev–Trinajstić information content (AvgIpc) is 3.05. The van der Waals surface area contributed by atoms with E-state index >= 15 is 0 Å². The summed E-state index contributed by atoms with van der Waals surface area (Å²) in [7, 11) is -3.77. The van der Waals surface area contributed by atoms with Gasteiger partial charge in [0.15, 0.2) is 0 Å². The smallest absolute Gasteiger partial charge is 0.347 e. The van der Waals surface area contributed by atoms with Gasteiger partial charge >= 0.3 is 5.97 Å². The molecule has 2 N–H and O–H groups in total. The lowest BCUT2D eigenvalue weighted by Crippen LogP contribution is -2.36. The fourth-order valence-electron chi connectivity index (χ4n) is 2.52. The van der Waals surface area contributed by atoms with E-state index in [1.165, 1.54) is 15.8 Å². The minimum Gasteiger partial charge on any atom is -0.477 e. The number of carboxylic acids is 1. The summed E-state index contributed by atoms with van der Waals surface area (Å²) in [5, 5.41) is 19.4. The predicted molar refractivity (Wildman–Crippen MR) is 74.5 cm³/mol. The summed E-state index contributed by atoms with van der Waals surface area (Å²) in [4.78, 5) is 10.8. The van der Waals surface area contributed by atoms with Crippen LogP contribution in [0.5, 0.6) is 0 Å². The van der Waals surface area contributed by atoms with E-state index in [0.717, 1.165) is 24.2 Å². The molecular formula is C12H17NO5S2. The van der Waals surface area contributed by atoms with Crippen molar-refractivity contribution in [1.29, 1.82) is 0 Å². The number of nitrogens with zero attached hydrogens (tertiary/aromatic N) is 1. The number of hydrogen-bond donors (Lipinski definition) is 2. The Kier molecular flexibility index (Phi) is 4.79. The van der Waals surface area contributed by atoms with Gasteiger partial charge in [-0.2, -0.15) is 4.31 Å². The highest BCUT2D eigenvalue weighted by molar-refractivity contribution is 7.89. The van der Waals surface area contributed by atoms with Crippen LogP contribution in [-0.2, 0) is 10.0 Å². The van der Waals surface area contributed by atoms with E-state index < -0.39 is 16.0 Å². The van der Waals surface area contributed by atoms with Gasteiger partial charge in [-0.15, -0.1) is 11.3 Å². The third-order valence-electron chi connectivity index (χ3n) is 3.43. The fraction of sp³-hybridized carbons (Fsp3) is 0.583. The van der Waals surface area contributed by atoms with Crippen LogP contribution in [-0.4, -0.2) is 48.1 Å². The Morgan fingerprint density at radius 3 is 2.90 bits per heavy atom. The van der Waals surface area contributed by atoms with Crippen LogP contribution in [0.4, 0.5) is 0 Å². The second-order valence-electron chi connectivity index (χ2n) is 4.70. The second kappa shape index (κ2) is 6.21. The summed E-state index contributed by atoms with van der Waals surface area (Å²) in [5.41, 5.74) is 0. The highest BCUT2D eigenvalue weighted by Crippen LogP contribution is 2.31. The van der Waals surface area contributed by atoms with Gasteiger partial charge in [0.25, 0.3) is 0 Å². The lowest BCUT2D eigenvalue weighted by Gasteiger charge is -2.23.